The van der Waals surface area contributed by atoms with Gasteiger partial charge in [-0.05, 0) is 49.0 Å². The van der Waals surface area contributed by atoms with Crippen molar-refractivity contribution < 1.29 is 14.4 Å². The predicted molar refractivity (Wildman–Crippen MR) is 122 cm³/mol. The quantitative estimate of drug-likeness (QED) is 0.674. The molecule has 7 nitrogen and oxygen atoms in total. The molecule has 3 fully saturated rings. The van der Waals surface area contributed by atoms with Gasteiger partial charge in [0, 0.05) is 23.9 Å². The van der Waals surface area contributed by atoms with Gasteiger partial charge in [0.05, 0.1) is 21.7 Å². The second-order valence-corrected chi connectivity index (χ2v) is 11.1. The molecule has 0 unspecified atom stereocenters. The Hall–Kier alpha value is -2.65. The summed E-state index contributed by atoms with van der Waals surface area (Å²) in [6.45, 7) is 2.06. The van der Waals surface area contributed by atoms with Crippen molar-refractivity contribution in [1.29, 1.82) is 0 Å². The summed E-state index contributed by atoms with van der Waals surface area (Å²) in [5.74, 6) is -0.984. The third kappa shape index (κ3) is 2.94. The zero-order valence-electron chi connectivity index (χ0n) is 17.3. The highest BCUT2D eigenvalue weighted by molar-refractivity contribution is 8.00. The molecular weight excluding hydrogens is 446 g/mol. The van der Waals surface area contributed by atoms with Crippen LogP contribution in [0.1, 0.15) is 23.3 Å². The van der Waals surface area contributed by atoms with Gasteiger partial charge >= 0.3 is 4.87 Å². The minimum absolute atomic E-state index is 0.0513. The number of fused-ring (bicyclic) bond motifs is 9. The lowest BCUT2D eigenvalue weighted by molar-refractivity contribution is -0.140. The fraction of sp³-hybridized carbons (Fsp3) is 0.391. The molecule has 2 aliphatic carbocycles. The summed E-state index contributed by atoms with van der Waals surface area (Å²) in [4.78, 5) is 55.6. The Morgan fingerprint density at radius 2 is 2.03 bits per heavy atom. The van der Waals surface area contributed by atoms with Crippen LogP contribution >= 0.6 is 23.1 Å². The Kier molecular flexibility index (Phi) is 4.49. The average molecular weight is 468 g/mol. The summed E-state index contributed by atoms with van der Waals surface area (Å²) in [6, 6.07) is 7.52. The summed E-state index contributed by atoms with van der Waals surface area (Å²) in [6.07, 6.45) is 2.99. The molecule has 9 heteroatoms. The Balaban J connectivity index is 1.17. The number of nitrogens with one attached hydrogen (secondary N) is 2. The molecule has 1 aromatic heterocycles. The maximum atomic E-state index is 13.2. The number of carbonyl (C=O) groups excluding carboxylic acids is 3. The maximum absolute atomic E-state index is 13.2. The fourth-order valence-electron chi connectivity index (χ4n) is 5.86. The van der Waals surface area contributed by atoms with Crippen LogP contribution in [-0.4, -0.2) is 39.4 Å². The highest BCUT2D eigenvalue weighted by atomic mass is 32.2. The molecule has 0 radical (unpaired) electrons. The van der Waals surface area contributed by atoms with Crippen LogP contribution in [-0.2, 0) is 14.4 Å². The summed E-state index contributed by atoms with van der Waals surface area (Å²) in [5.41, 5.74) is 2.95. The number of rotatable bonds is 4. The van der Waals surface area contributed by atoms with Gasteiger partial charge in [0.1, 0.15) is 0 Å². The van der Waals surface area contributed by atoms with Crippen LogP contribution < -0.4 is 10.2 Å². The number of hydrogen-bond acceptors (Lipinski definition) is 6. The van der Waals surface area contributed by atoms with E-state index in [4.69, 9.17) is 0 Å². The number of aryl methyl sites for hydroxylation is 1. The molecule has 2 bridgehead atoms. The lowest BCUT2D eigenvalue weighted by Crippen LogP contribution is -2.35. The molecule has 4 aliphatic rings. The number of likely N-dealkylation sites (tertiary alicyclic amines) is 1. The first kappa shape index (κ1) is 20.0. The number of aromatic nitrogens is 1. The van der Waals surface area contributed by atoms with Gasteiger partial charge in [-0.25, -0.2) is 0 Å². The molecular formula is C23H21N3O4S2. The van der Waals surface area contributed by atoms with E-state index >= 15 is 0 Å². The number of benzene rings is 1. The molecule has 6 rings (SSSR count). The van der Waals surface area contributed by atoms with E-state index in [2.05, 4.69) is 16.4 Å². The van der Waals surface area contributed by atoms with E-state index < -0.39 is 0 Å². The lowest BCUT2D eigenvalue weighted by atomic mass is 9.77. The largest absolute Gasteiger partial charge is 0.326 e. The number of H-pyrrole nitrogens is 1. The molecule has 3 heterocycles. The highest BCUT2D eigenvalue weighted by Crippen LogP contribution is 2.64. The van der Waals surface area contributed by atoms with E-state index in [1.165, 1.54) is 21.8 Å². The van der Waals surface area contributed by atoms with Gasteiger partial charge in [0.25, 0.3) is 0 Å². The third-order valence-corrected chi connectivity index (χ3v) is 9.50. The van der Waals surface area contributed by atoms with Gasteiger partial charge in [0.15, 0.2) is 0 Å². The maximum Gasteiger partial charge on any atom is 0.305 e. The van der Waals surface area contributed by atoms with Crippen LogP contribution in [0.3, 0.4) is 0 Å². The van der Waals surface area contributed by atoms with Crippen molar-refractivity contribution in [1.82, 2.24) is 9.88 Å². The summed E-state index contributed by atoms with van der Waals surface area (Å²) in [5, 5.41) is 3.85. The van der Waals surface area contributed by atoms with Crippen LogP contribution in [0.5, 0.6) is 0 Å². The van der Waals surface area contributed by atoms with Crippen LogP contribution in [0.15, 0.2) is 39.7 Å². The summed E-state index contributed by atoms with van der Waals surface area (Å²) < 4.78 is 0. The Morgan fingerprint density at radius 1 is 1.22 bits per heavy atom. The lowest BCUT2D eigenvalue weighted by Gasteiger charge is -2.32. The smallest absolute Gasteiger partial charge is 0.305 e. The molecule has 3 amide bonds. The molecule has 5 atom stereocenters. The fourth-order valence-corrected chi connectivity index (χ4v) is 8.30. The average Bonchev–Trinajstić information content (AvgIpc) is 3.46. The Bertz CT molecular complexity index is 1260. The highest BCUT2D eigenvalue weighted by Gasteiger charge is 2.66. The standard InChI is InChI=1S/C23H21N3O4S2/c1-10-3-2-4-11(7-10)24-16(27)5-6-26-21(28)17-12-8-14(18(17)22(26)29)19-13(12)9-15-20(32-19)25-23(30)31-15/h2-4,7,9,12,14,17-19H,5-6,8H2,1H3,(H,24,27)(H,25,30)/t12-,14+,17-,18-,19+/m0/s1. The van der Waals surface area contributed by atoms with Crippen molar-refractivity contribution in [3.63, 3.8) is 0 Å². The SMILES string of the molecule is Cc1cccc(NC(=O)CCN2C(=O)[C@@H]3[C@@H](C2=O)[C@H]2C[C@H]3C3=Cc4sc(=O)[nH]c4S[C@H]32)c1. The molecule has 2 N–H and O–H groups in total. The second-order valence-electron chi connectivity index (χ2n) is 8.94. The molecule has 2 aliphatic heterocycles. The van der Waals surface area contributed by atoms with Crippen molar-refractivity contribution in [3.05, 3.63) is 49.9 Å². The zero-order chi connectivity index (χ0) is 22.1. The number of thioether (sulfide) groups is 1. The van der Waals surface area contributed by atoms with Gasteiger partial charge in [-0.2, -0.15) is 0 Å². The number of amides is 3. The number of thiazole rings is 1. The molecule has 32 heavy (non-hydrogen) atoms. The number of hydrogen-bond donors (Lipinski definition) is 2. The van der Waals surface area contributed by atoms with Crippen molar-refractivity contribution >= 4 is 52.6 Å². The van der Waals surface area contributed by atoms with Gasteiger partial charge in [-0.15, -0.1) is 0 Å². The van der Waals surface area contributed by atoms with Crippen LogP contribution in [0.25, 0.3) is 6.08 Å². The first-order valence-electron chi connectivity index (χ1n) is 10.7. The van der Waals surface area contributed by atoms with E-state index in [9.17, 15) is 19.2 Å². The Labute approximate surface area is 192 Å². The normalized spacial score (nSPS) is 29.6. The summed E-state index contributed by atoms with van der Waals surface area (Å²) >= 11 is 2.82. The van der Waals surface area contributed by atoms with E-state index in [-0.39, 0.29) is 64.5 Å². The zero-order valence-corrected chi connectivity index (χ0v) is 18.9. The monoisotopic (exact) mass is 467 g/mol. The van der Waals surface area contributed by atoms with Gasteiger partial charge in [-0.1, -0.05) is 40.8 Å². The number of imide groups is 1. The molecule has 0 spiro atoms. The van der Waals surface area contributed by atoms with E-state index in [1.807, 2.05) is 31.2 Å². The van der Waals surface area contributed by atoms with Gasteiger partial charge in [0.2, 0.25) is 17.7 Å². The number of nitrogens with zero attached hydrogens (tertiary/aromatic N) is 1. The van der Waals surface area contributed by atoms with E-state index in [1.54, 1.807) is 11.8 Å². The van der Waals surface area contributed by atoms with Crippen molar-refractivity contribution in [3.8, 4) is 0 Å². The predicted octanol–water partition coefficient (Wildman–Crippen LogP) is 2.88. The van der Waals surface area contributed by atoms with Crippen molar-refractivity contribution in [2.24, 2.45) is 23.7 Å². The van der Waals surface area contributed by atoms with Crippen molar-refractivity contribution in [2.45, 2.75) is 30.0 Å². The number of anilines is 1. The topological polar surface area (TPSA) is 99.3 Å². The third-order valence-electron chi connectivity index (χ3n) is 7.10. The minimum Gasteiger partial charge on any atom is -0.326 e. The number of aromatic amines is 1. The summed E-state index contributed by atoms with van der Waals surface area (Å²) in [7, 11) is 0. The first-order valence-corrected chi connectivity index (χ1v) is 12.4. The molecule has 2 aromatic rings. The van der Waals surface area contributed by atoms with Crippen LogP contribution in [0.2, 0.25) is 0 Å². The first-order chi connectivity index (χ1) is 15.4. The van der Waals surface area contributed by atoms with Gasteiger partial charge < -0.3 is 10.3 Å². The number of carbonyl (C=O) groups is 3. The molecule has 164 valence electrons. The molecule has 1 saturated heterocycles. The van der Waals surface area contributed by atoms with Crippen molar-refractivity contribution in [2.75, 3.05) is 11.9 Å². The molecule has 1 aromatic carbocycles. The van der Waals surface area contributed by atoms with E-state index in [0.717, 1.165) is 21.9 Å². The van der Waals surface area contributed by atoms with Gasteiger partial charge in [-0.3, -0.25) is 24.1 Å². The minimum atomic E-state index is -0.326. The molecule has 2 saturated carbocycles. The second kappa shape index (κ2) is 7.18. The Morgan fingerprint density at radius 3 is 2.84 bits per heavy atom. The van der Waals surface area contributed by atoms with E-state index in [0.29, 0.717) is 5.69 Å². The van der Waals surface area contributed by atoms with Crippen LogP contribution in [0, 0.1) is 30.6 Å². The van der Waals surface area contributed by atoms with Crippen LogP contribution in [0.4, 0.5) is 5.69 Å².